The summed E-state index contributed by atoms with van der Waals surface area (Å²) in [7, 11) is 0. The van der Waals surface area contributed by atoms with E-state index in [9.17, 15) is 9.59 Å². The third-order valence-corrected chi connectivity index (χ3v) is 5.56. The number of nitrogens with zero attached hydrogens (tertiary/aromatic N) is 1. The second-order valence-corrected chi connectivity index (χ2v) is 6.65. The van der Waals surface area contributed by atoms with Gasteiger partial charge in [0.15, 0.2) is 0 Å². The van der Waals surface area contributed by atoms with Crippen molar-refractivity contribution in [2.75, 3.05) is 6.54 Å². The summed E-state index contributed by atoms with van der Waals surface area (Å²) in [5.41, 5.74) is -1.21. The van der Waals surface area contributed by atoms with Gasteiger partial charge in [-0.3, -0.25) is 9.59 Å². The number of hydrogen-bond donors (Lipinski definition) is 1. The van der Waals surface area contributed by atoms with Crippen molar-refractivity contribution in [2.24, 2.45) is 0 Å². The highest BCUT2D eigenvalue weighted by Gasteiger charge is 2.57. The lowest BCUT2D eigenvalue weighted by molar-refractivity contribution is -0.164. The maximum Gasteiger partial charge on any atom is 0.249 e. The van der Waals surface area contributed by atoms with Crippen molar-refractivity contribution in [3.05, 3.63) is 0 Å². The quantitative estimate of drug-likeness (QED) is 0.766. The van der Waals surface area contributed by atoms with Crippen LogP contribution in [0.4, 0.5) is 0 Å². The molecule has 0 atom stereocenters. The molecule has 1 aliphatic heterocycles. The van der Waals surface area contributed by atoms with E-state index in [2.05, 4.69) is 12.2 Å². The molecule has 0 aromatic rings. The number of unbranched alkanes of at least 4 members (excludes halogenated alkanes) is 2. The van der Waals surface area contributed by atoms with Gasteiger partial charge in [-0.15, -0.1) is 0 Å². The monoisotopic (exact) mass is 294 g/mol. The van der Waals surface area contributed by atoms with Crippen LogP contribution in [0.25, 0.3) is 0 Å². The molecule has 0 unspecified atom stereocenters. The second-order valence-electron chi connectivity index (χ2n) is 6.65. The van der Waals surface area contributed by atoms with Gasteiger partial charge in [0, 0.05) is 6.54 Å². The molecule has 1 N–H and O–H groups in total. The van der Waals surface area contributed by atoms with Crippen molar-refractivity contribution in [1.82, 2.24) is 10.2 Å². The molecule has 0 aromatic carbocycles. The van der Waals surface area contributed by atoms with Crippen LogP contribution in [0.3, 0.4) is 0 Å². The Balaban J connectivity index is 2.29. The van der Waals surface area contributed by atoms with Gasteiger partial charge in [0.05, 0.1) is 0 Å². The third kappa shape index (κ3) is 2.58. The summed E-state index contributed by atoms with van der Waals surface area (Å²) >= 11 is 0. The van der Waals surface area contributed by atoms with Crippen LogP contribution in [0.5, 0.6) is 0 Å². The molecule has 2 aliphatic rings. The number of amides is 2. The zero-order valence-electron chi connectivity index (χ0n) is 13.8. The van der Waals surface area contributed by atoms with E-state index >= 15 is 0 Å². The lowest BCUT2D eigenvalue weighted by atomic mass is 9.80. The SMILES string of the molecule is CCCCCN1C(=O)C2(CCCC2)NC(=O)C1(CC)CC. The Morgan fingerprint density at radius 3 is 2.19 bits per heavy atom. The number of carbonyl (C=O) groups excluding carboxylic acids is 2. The standard InChI is InChI=1S/C17H30N2O2/c1-4-7-10-13-19-15(21)16(11-8-9-12-16)18-14(20)17(19,5-2)6-3/h4-13H2,1-3H3,(H,18,20). The van der Waals surface area contributed by atoms with Crippen LogP contribution in [0, 0.1) is 0 Å². The second kappa shape index (κ2) is 6.37. The molecule has 0 bridgehead atoms. The minimum absolute atomic E-state index is 0.0745. The maximum absolute atomic E-state index is 13.1. The van der Waals surface area contributed by atoms with Crippen LogP contribution in [0.1, 0.15) is 78.6 Å². The lowest BCUT2D eigenvalue weighted by Gasteiger charge is -2.51. The molecule has 2 rings (SSSR count). The Morgan fingerprint density at radius 2 is 1.67 bits per heavy atom. The van der Waals surface area contributed by atoms with Gasteiger partial charge in [-0.1, -0.05) is 46.5 Å². The molecule has 4 heteroatoms. The zero-order valence-corrected chi connectivity index (χ0v) is 13.8. The van der Waals surface area contributed by atoms with Gasteiger partial charge in [0.25, 0.3) is 0 Å². The van der Waals surface area contributed by atoms with E-state index < -0.39 is 11.1 Å². The predicted octanol–water partition coefficient (Wildman–Crippen LogP) is 3.01. The van der Waals surface area contributed by atoms with Gasteiger partial charge in [-0.05, 0) is 32.1 Å². The lowest BCUT2D eigenvalue weighted by Crippen LogP contribution is -2.75. The molecule has 1 saturated heterocycles. The number of carbonyl (C=O) groups is 2. The van der Waals surface area contributed by atoms with E-state index in [1.165, 1.54) is 0 Å². The van der Waals surface area contributed by atoms with E-state index in [1.54, 1.807) is 0 Å². The Labute approximate surface area is 128 Å². The molecule has 120 valence electrons. The number of piperazine rings is 1. The summed E-state index contributed by atoms with van der Waals surface area (Å²) in [5.74, 6) is 0.255. The normalized spacial score (nSPS) is 23.7. The highest BCUT2D eigenvalue weighted by Crippen LogP contribution is 2.39. The zero-order chi connectivity index (χ0) is 15.5. The smallest absolute Gasteiger partial charge is 0.249 e. The molecular weight excluding hydrogens is 264 g/mol. The first-order chi connectivity index (χ1) is 10.1. The molecule has 4 nitrogen and oxygen atoms in total. The van der Waals surface area contributed by atoms with Gasteiger partial charge in [-0.25, -0.2) is 0 Å². The maximum atomic E-state index is 13.1. The minimum atomic E-state index is -0.626. The highest BCUT2D eigenvalue weighted by molar-refractivity contribution is 6.02. The Morgan fingerprint density at radius 1 is 1.05 bits per heavy atom. The molecule has 0 aromatic heterocycles. The number of hydrogen-bond acceptors (Lipinski definition) is 2. The summed E-state index contributed by atoms with van der Waals surface area (Å²) in [6.45, 7) is 6.94. The molecule has 1 heterocycles. The average molecular weight is 294 g/mol. The molecular formula is C17H30N2O2. The van der Waals surface area contributed by atoms with Gasteiger partial charge >= 0.3 is 0 Å². The predicted molar refractivity (Wildman–Crippen MR) is 83.9 cm³/mol. The fraction of sp³-hybridized carbons (Fsp3) is 0.882. The number of nitrogens with one attached hydrogen (secondary N) is 1. The van der Waals surface area contributed by atoms with E-state index in [0.29, 0.717) is 12.8 Å². The van der Waals surface area contributed by atoms with Crippen LogP contribution in [0.15, 0.2) is 0 Å². The fourth-order valence-corrected chi connectivity index (χ4v) is 4.07. The largest absolute Gasteiger partial charge is 0.340 e. The van der Waals surface area contributed by atoms with E-state index in [-0.39, 0.29) is 11.8 Å². The topological polar surface area (TPSA) is 49.4 Å². The minimum Gasteiger partial charge on any atom is -0.340 e. The first kappa shape index (κ1) is 16.3. The summed E-state index contributed by atoms with van der Waals surface area (Å²) in [6.07, 6.45) is 8.34. The Kier molecular flexibility index (Phi) is 4.95. The van der Waals surface area contributed by atoms with Crippen molar-refractivity contribution in [3.63, 3.8) is 0 Å². The van der Waals surface area contributed by atoms with E-state index in [0.717, 1.165) is 51.5 Å². The third-order valence-electron chi connectivity index (χ3n) is 5.56. The molecule has 21 heavy (non-hydrogen) atoms. The molecule has 2 fully saturated rings. The van der Waals surface area contributed by atoms with Crippen LogP contribution in [-0.4, -0.2) is 34.3 Å². The molecule has 1 spiro atoms. The summed E-state index contributed by atoms with van der Waals surface area (Å²) in [6, 6.07) is 0. The van der Waals surface area contributed by atoms with Crippen molar-refractivity contribution >= 4 is 11.8 Å². The van der Waals surface area contributed by atoms with E-state index in [1.807, 2.05) is 18.7 Å². The van der Waals surface area contributed by atoms with E-state index in [4.69, 9.17) is 0 Å². The van der Waals surface area contributed by atoms with Crippen molar-refractivity contribution in [3.8, 4) is 0 Å². The van der Waals surface area contributed by atoms with Crippen LogP contribution in [0.2, 0.25) is 0 Å². The first-order valence-corrected chi connectivity index (χ1v) is 8.71. The molecule has 2 amide bonds. The van der Waals surface area contributed by atoms with Gasteiger partial charge in [-0.2, -0.15) is 0 Å². The average Bonchev–Trinajstić information content (AvgIpc) is 2.95. The summed E-state index contributed by atoms with van der Waals surface area (Å²) in [5, 5.41) is 3.12. The van der Waals surface area contributed by atoms with Crippen LogP contribution >= 0.6 is 0 Å². The first-order valence-electron chi connectivity index (χ1n) is 8.71. The van der Waals surface area contributed by atoms with Gasteiger partial charge in [0.1, 0.15) is 11.1 Å². The Hall–Kier alpha value is -1.06. The van der Waals surface area contributed by atoms with Crippen molar-refractivity contribution < 1.29 is 9.59 Å². The molecule has 1 saturated carbocycles. The van der Waals surface area contributed by atoms with Crippen molar-refractivity contribution in [2.45, 2.75) is 89.6 Å². The molecule has 0 radical (unpaired) electrons. The summed E-state index contributed by atoms with van der Waals surface area (Å²) < 4.78 is 0. The van der Waals surface area contributed by atoms with Crippen molar-refractivity contribution in [1.29, 1.82) is 0 Å². The number of rotatable bonds is 6. The fourth-order valence-electron chi connectivity index (χ4n) is 4.07. The highest BCUT2D eigenvalue weighted by atomic mass is 16.2. The van der Waals surface area contributed by atoms with Gasteiger partial charge < -0.3 is 10.2 Å². The Bertz CT molecular complexity index is 396. The summed E-state index contributed by atoms with van der Waals surface area (Å²) in [4.78, 5) is 27.9. The van der Waals surface area contributed by atoms with Gasteiger partial charge in [0.2, 0.25) is 11.8 Å². The molecule has 1 aliphatic carbocycles. The van der Waals surface area contributed by atoms with Crippen LogP contribution < -0.4 is 5.32 Å². The van der Waals surface area contributed by atoms with Crippen LogP contribution in [-0.2, 0) is 9.59 Å².